The number of aromatic amines is 2. The zero-order valence-corrected chi connectivity index (χ0v) is 13.2. The van der Waals surface area contributed by atoms with E-state index >= 15 is 0 Å². The largest absolute Gasteiger partial charge is 3.00 e. The summed E-state index contributed by atoms with van der Waals surface area (Å²) in [5.41, 5.74) is -1.38. The van der Waals surface area contributed by atoms with Gasteiger partial charge in [-0.2, -0.15) is 10.2 Å². The summed E-state index contributed by atoms with van der Waals surface area (Å²) in [5.74, 6) is -5.53. The van der Waals surface area contributed by atoms with Gasteiger partial charge < -0.3 is 35.5 Å². The van der Waals surface area contributed by atoms with E-state index in [0.717, 1.165) is 12.1 Å². The van der Waals surface area contributed by atoms with Gasteiger partial charge in [-0.05, 0) is 12.1 Å². The number of aromatic carboxylic acids is 4. The molecule has 0 atom stereocenters. The van der Waals surface area contributed by atoms with Gasteiger partial charge in [0.1, 0.15) is 0 Å². The number of carboxylic acids is 4. The van der Waals surface area contributed by atoms with Gasteiger partial charge in [0.05, 0.1) is 23.3 Å². The van der Waals surface area contributed by atoms with Crippen molar-refractivity contribution in [2.45, 2.75) is 0 Å². The van der Waals surface area contributed by atoms with Gasteiger partial charge in [0, 0.05) is 0 Å². The van der Waals surface area contributed by atoms with Crippen LogP contribution >= 0.6 is 0 Å². The third-order valence-electron chi connectivity index (χ3n) is 2.03. The van der Waals surface area contributed by atoms with Crippen LogP contribution in [-0.2, 0) is 0 Å². The van der Waals surface area contributed by atoms with E-state index in [1.807, 2.05) is 10.2 Å². The fourth-order valence-corrected chi connectivity index (χ4v) is 1.07. The molecule has 24 heavy (non-hydrogen) atoms. The maximum Gasteiger partial charge on any atom is 3.00 e. The monoisotopic (exact) mass is 491 g/mol. The van der Waals surface area contributed by atoms with E-state index < -0.39 is 23.9 Å². The zero-order valence-electron chi connectivity index (χ0n) is 11.2. The second-order valence-corrected chi connectivity index (χ2v) is 3.52. The van der Waals surface area contributed by atoms with Gasteiger partial charge in [0.25, 0.3) is 0 Å². The van der Waals surface area contributed by atoms with Crippen molar-refractivity contribution in [3.8, 4) is 0 Å². The van der Waals surface area contributed by atoms with Crippen molar-refractivity contribution in [2.24, 2.45) is 0 Å². The Labute approximate surface area is 162 Å². The number of rotatable bonds is 4. The Morgan fingerprint density at radius 2 is 1.12 bits per heavy atom. The van der Waals surface area contributed by atoms with Crippen LogP contribution in [0.5, 0.6) is 0 Å². The molecular formula is C10H7DyN4O9. The number of carboxylic acid groups (broad SMARTS) is 4. The number of hydrogen-bond acceptors (Lipinski definition) is 9. The number of aromatic nitrogens is 4. The SMILES string of the molecule is O=C(O)c1cc(C(=O)[O-])[nH]n1.O=C(O)c1cc(C(=O)[O-])[nH]n1.[Dy+3].[OH-]. The first-order chi connectivity index (χ1) is 10.2. The molecule has 0 bridgehead atoms. The van der Waals surface area contributed by atoms with Gasteiger partial charge in [-0.15, -0.1) is 0 Å². The van der Waals surface area contributed by atoms with Gasteiger partial charge in [-0.25, -0.2) is 9.59 Å². The fourth-order valence-electron chi connectivity index (χ4n) is 1.07. The van der Waals surface area contributed by atoms with Crippen molar-refractivity contribution in [1.29, 1.82) is 0 Å². The maximum absolute atomic E-state index is 10.1. The van der Waals surface area contributed by atoms with E-state index in [1.54, 1.807) is 0 Å². The van der Waals surface area contributed by atoms with Gasteiger partial charge >= 0.3 is 50.1 Å². The molecule has 2 aromatic heterocycles. The maximum atomic E-state index is 10.1. The Bertz CT molecular complexity index is 619. The standard InChI is InChI=1S/2C5H4N2O4.Dy.H2O/c2*8-4(9)2-1-3(5(10)11)7-6-2;;/h2*1H,(H,6,7)(H,8,9)(H,10,11);;1H2/q;;+3;/p-3. The van der Waals surface area contributed by atoms with Crippen molar-refractivity contribution in [1.82, 2.24) is 20.4 Å². The molecule has 2 rings (SSSR count). The Balaban J connectivity index is 0. The zero-order chi connectivity index (χ0) is 16.9. The minimum Gasteiger partial charge on any atom is -0.870 e. The summed E-state index contributed by atoms with van der Waals surface area (Å²) in [7, 11) is 0. The number of H-pyrrole nitrogens is 2. The number of carbonyl (C=O) groups is 4. The van der Waals surface area contributed by atoms with Crippen LogP contribution in [0.2, 0.25) is 0 Å². The molecule has 5 N–H and O–H groups in total. The van der Waals surface area contributed by atoms with Crippen molar-refractivity contribution >= 4 is 23.9 Å². The number of nitrogens with zero attached hydrogens (tertiary/aromatic N) is 2. The fraction of sp³-hybridized carbons (Fsp3) is 0. The second kappa shape index (κ2) is 10.3. The normalized spacial score (nSPS) is 8.67. The van der Waals surface area contributed by atoms with Crippen LogP contribution in [-0.4, -0.2) is 60.0 Å². The molecule has 0 aliphatic carbocycles. The molecule has 1 radical (unpaired) electrons. The molecular weight excluding hydrogens is 483 g/mol. The van der Waals surface area contributed by atoms with Crippen LogP contribution in [0, 0.1) is 38.2 Å². The van der Waals surface area contributed by atoms with Crippen LogP contribution in [0.25, 0.3) is 0 Å². The van der Waals surface area contributed by atoms with Crippen LogP contribution in [0.1, 0.15) is 42.0 Å². The molecule has 0 aliphatic rings. The molecule has 2 aromatic rings. The summed E-state index contributed by atoms with van der Waals surface area (Å²) < 4.78 is 0. The van der Waals surface area contributed by atoms with E-state index in [9.17, 15) is 29.4 Å². The topological polar surface area (TPSA) is 242 Å². The average molecular weight is 490 g/mol. The minimum absolute atomic E-state index is 0. The summed E-state index contributed by atoms with van der Waals surface area (Å²) in [6, 6.07) is 1.77. The van der Waals surface area contributed by atoms with Crippen LogP contribution < -0.4 is 10.2 Å². The molecule has 0 amide bonds. The van der Waals surface area contributed by atoms with E-state index in [1.165, 1.54) is 0 Å². The molecule has 14 heteroatoms. The Morgan fingerprint density at radius 3 is 1.25 bits per heavy atom. The molecule has 0 unspecified atom stereocenters. The summed E-state index contributed by atoms with van der Waals surface area (Å²) >= 11 is 0. The molecule has 0 saturated heterocycles. The third-order valence-corrected chi connectivity index (χ3v) is 2.03. The quantitative estimate of drug-likeness (QED) is 0.332. The molecule has 2 heterocycles. The first-order valence-electron chi connectivity index (χ1n) is 5.22. The molecule has 0 saturated carbocycles. The van der Waals surface area contributed by atoms with Crippen molar-refractivity contribution in [3.63, 3.8) is 0 Å². The molecule has 0 fully saturated rings. The van der Waals surface area contributed by atoms with Crippen molar-refractivity contribution < 1.29 is 83.3 Å². The average Bonchev–Trinajstić information content (AvgIpc) is 3.09. The second-order valence-electron chi connectivity index (χ2n) is 3.52. The summed E-state index contributed by atoms with van der Waals surface area (Å²) in [5, 5.41) is 47.1. The smallest absolute Gasteiger partial charge is 0.870 e. The molecule has 0 aromatic carbocycles. The predicted octanol–water partition coefficient (Wildman–Crippen LogP) is -3.23. The number of hydrogen-bond donors (Lipinski definition) is 4. The van der Waals surface area contributed by atoms with Gasteiger partial charge in [0.2, 0.25) is 0 Å². The van der Waals surface area contributed by atoms with Crippen LogP contribution in [0.4, 0.5) is 0 Å². The Morgan fingerprint density at radius 1 is 0.833 bits per heavy atom. The predicted molar refractivity (Wildman–Crippen MR) is 61.7 cm³/mol. The number of carbonyl (C=O) groups excluding carboxylic acids is 2. The summed E-state index contributed by atoms with van der Waals surface area (Å²) in [6.07, 6.45) is 0. The molecule has 13 nitrogen and oxygen atoms in total. The first-order valence-corrected chi connectivity index (χ1v) is 5.22. The third kappa shape index (κ3) is 6.75. The van der Waals surface area contributed by atoms with Gasteiger partial charge in [0.15, 0.2) is 11.4 Å². The molecule has 131 valence electrons. The summed E-state index contributed by atoms with van der Waals surface area (Å²) in [6.45, 7) is 0. The minimum atomic E-state index is -1.48. The van der Waals surface area contributed by atoms with Crippen molar-refractivity contribution in [2.75, 3.05) is 0 Å². The first kappa shape index (κ1) is 23.8. The molecule has 0 spiro atoms. The summed E-state index contributed by atoms with van der Waals surface area (Å²) in [4.78, 5) is 40.4. The van der Waals surface area contributed by atoms with E-state index in [-0.39, 0.29) is 66.4 Å². The van der Waals surface area contributed by atoms with Crippen LogP contribution in [0.3, 0.4) is 0 Å². The van der Waals surface area contributed by atoms with Crippen LogP contribution in [0.15, 0.2) is 12.1 Å². The van der Waals surface area contributed by atoms with E-state index in [2.05, 4.69) is 10.2 Å². The number of nitrogens with one attached hydrogen (secondary N) is 2. The van der Waals surface area contributed by atoms with Crippen molar-refractivity contribution in [3.05, 3.63) is 34.9 Å². The molecule has 0 aliphatic heterocycles. The van der Waals surface area contributed by atoms with Gasteiger partial charge in [-0.3, -0.25) is 10.2 Å². The van der Waals surface area contributed by atoms with E-state index in [0.29, 0.717) is 0 Å². The Kier molecular flexibility index (Phi) is 10.2. The Hall–Kier alpha value is -2.47. The van der Waals surface area contributed by atoms with Gasteiger partial charge in [-0.1, -0.05) is 0 Å². The van der Waals surface area contributed by atoms with E-state index in [4.69, 9.17) is 10.2 Å².